The van der Waals surface area contributed by atoms with Gasteiger partial charge >= 0.3 is 0 Å². The van der Waals surface area contributed by atoms with Gasteiger partial charge in [0.2, 0.25) is 0 Å². The first-order valence-corrected chi connectivity index (χ1v) is 13.9. The third kappa shape index (κ3) is 18.4. The predicted octanol–water partition coefficient (Wildman–Crippen LogP) is 10.4. The van der Waals surface area contributed by atoms with Crippen molar-refractivity contribution in [2.45, 2.75) is 175 Å². The molecule has 0 fully saturated rings. The van der Waals surface area contributed by atoms with Crippen LogP contribution in [0.25, 0.3) is 0 Å². The van der Waals surface area contributed by atoms with Gasteiger partial charge in [-0.15, -0.1) is 0 Å². The van der Waals surface area contributed by atoms with Crippen LogP contribution in [-0.2, 0) is 4.74 Å². The summed E-state index contributed by atoms with van der Waals surface area (Å²) in [5, 5.41) is 0. The largest absolute Gasteiger partial charge is 0.375 e. The Morgan fingerprint density at radius 2 is 0.690 bits per heavy atom. The zero-order valence-electron chi connectivity index (χ0n) is 21.2. The zero-order valence-corrected chi connectivity index (χ0v) is 21.2. The molecule has 0 aliphatic rings. The van der Waals surface area contributed by atoms with E-state index in [1.807, 2.05) is 0 Å². The van der Waals surface area contributed by atoms with E-state index in [0.717, 1.165) is 6.61 Å². The Bertz CT molecular complexity index is 283. The lowest BCUT2D eigenvalue weighted by atomic mass is 9.84. The van der Waals surface area contributed by atoms with E-state index in [-0.39, 0.29) is 5.60 Å². The fourth-order valence-electron chi connectivity index (χ4n) is 4.56. The maximum absolute atomic E-state index is 6.78. The van der Waals surface area contributed by atoms with E-state index in [4.69, 9.17) is 4.74 Å². The van der Waals surface area contributed by atoms with Crippen LogP contribution < -0.4 is 0 Å². The fraction of sp³-hybridized carbons (Fsp3) is 1.00. The summed E-state index contributed by atoms with van der Waals surface area (Å²) in [6, 6.07) is 0. The maximum Gasteiger partial charge on any atom is 0.0682 e. The molecule has 0 aromatic carbocycles. The van der Waals surface area contributed by atoms with Gasteiger partial charge in [0, 0.05) is 6.61 Å². The standard InChI is InChI=1S/C28H58O/c1-5-9-13-16-18-21-25-28(24-20-12-8-4,29-27-23-15-11-7-3)26-22-19-17-14-10-6-2/h5-27H2,1-4H3. The molecule has 0 rings (SSSR count). The summed E-state index contributed by atoms with van der Waals surface area (Å²) in [5.41, 5.74) is 0.191. The third-order valence-corrected chi connectivity index (χ3v) is 6.61. The molecule has 0 spiro atoms. The number of unbranched alkanes of at least 4 members (excludes halogenated alkanes) is 15. The Balaban J connectivity index is 4.61. The van der Waals surface area contributed by atoms with Crippen LogP contribution in [0.5, 0.6) is 0 Å². The molecule has 1 nitrogen and oxygen atoms in total. The molecule has 0 radical (unpaired) electrons. The van der Waals surface area contributed by atoms with Crippen LogP contribution in [0.3, 0.4) is 0 Å². The second kappa shape index (κ2) is 22.6. The first kappa shape index (κ1) is 29.0. The van der Waals surface area contributed by atoms with Crippen LogP contribution in [-0.4, -0.2) is 12.2 Å². The zero-order chi connectivity index (χ0) is 21.5. The first-order chi connectivity index (χ1) is 14.2. The van der Waals surface area contributed by atoms with Gasteiger partial charge in [0.15, 0.2) is 0 Å². The molecular weight excluding hydrogens is 352 g/mol. The third-order valence-electron chi connectivity index (χ3n) is 6.61. The molecule has 0 N–H and O–H groups in total. The van der Waals surface area contributed by atoms with Crippen LogP contribution >= 0.6 is 0 Å². The van der Waals surface area contributed by atoms with Crippen molar-refractivity contribution in [3.63, 3.8) is 0 Å². The topological polar surface area (TPSA) is 9.23 Å². The lowest BCUT2D eigenvalue weighted by Gasteiger charge is -2.35. The van der Waals surface area contributed by atoms with Crippen LogP contribution in [0.4, 0.5) is 0 Å². The van der Waals surface area contributed by atoms with E-state index in [2.05, 4.69) is 27.7 Å². The second-order valence-electron chi connectivity index (χ2n) is 9.58. The van der Waals surface area contributed by atoms with Gasteiger partial charge in [-0.3, -0.25) is 0 Å². The molecule has 29 heavy (non-hydrogen) atoms. The van der Waals surface area contributed by atoms with E-state index in [1.54, 1.807) is 0 Å². The van der Waals surface area contributed by atoms with Gasteiger partial charge in [-0.2, -0.15) is 0 Å². The molecule has 0 atom stereocenters. The minimum absolute atomic E-state index is 0.191. The number of rotatable bonds is 24. The molecule has 1 heteroatoms. The normalized spacial score (nSPS) is 12.0. The summed E-state index contributed by atoms with van der Waals surface area (Å²) in [4.78, 5) is 0. The summed E-state index contributed by atoms with van der Waals surface area (Å²) in [6.45, 7) is 10.2. The van der Waals surface area contributed by atoms with E-state index in [1.165, 1.54) is 141 Å². The smallest absolute Gasteiger partial charge is 0.0682 e. The second-order valence-corrected chi connectivity index (χ2v) is 9.58. The minimum Gasteiger partial charge on any atom is -0.375 e. The van der Waals surface area contributed by atoms with Crippen LogP contribution in [0.15, 0.2) is 0 Å². The van der Waals surface area contributed by atoms with Gasteiger partial charge < -0.3 is 4.74 Å². The minimum atomic E-state index is 0.191. The molecular formula is C28H58O. The van der Waals surface area contributed by atoms with Crippen molar-refractivity contribution in [3.8, 4) is 0 Å². The Kier molecular flexibility index (Phi) is 22.6. The van der Waals surface area contributed by atoms with E-state index >= 15 is 0 Å². The maximum atomic E-state index is 6.78. The highest BCUT2D eigenvalue weighted by Gasteiger charge is 2.29. The van der Waals surface area contributed by atoms with Crippen molar-refractivity contribution in [1.82, 2.24) is 0 Å². The van der Waals surface area contributed by atoms with Gasteiger partial charge in [-0.25, -0.2) is 0 Å². The molecule has 0 bridgehead atoms. The van der Waals surface area contributed by atoms with Crippen molar-refractivity contribution < 1.29 is 4.74 Å². The van der Waals surface area contributed by atoms with Gasteiger partial charge in [-0.1, -0.05) is 143 Å². The van der Waals surface area contributed by atoms with Crippen LogP contribution in [0.2, 0.25) is 0 Å². The summed E-state index contributed by atoms with van der Waals surface area (Å²) >= 11 is 0. The van der Waals surface area contributed by atoms with Crippen molar-refractivity contribution in [2.75, 3.05) is 6.61 Å². The molecule has 0 aromatic rings. The molecule has 0 aliphatic heterocycles. The molecule has 0 aromatic heterocycles. The van der Waals surface area contributed by atoms with Gasteiger partial charge in [-0.05, 0) is 25.7 Å². The molecule has 0 aliphatic carbocycles. The summed E-state index contributed by atoms with van der Waals surface area (Å²) < 4.78 is 6.78. The lowest BCUT2D eigenvalue weighted by Crippen LogP contribution is -2.33. The Morgan fingerprint density at radius 1 is 0.379 bits per heavy atom. The van der Waals surface area contributed by atoms with Crippen LogP contribution in [0, 0.1) is 0 Å². The molecule has 176 valence electrons. The summed E-state index contributed by atoms with van der Waals surface area (Å²) in [5.74, 6) is 0. The van der Waals surface area contributed by atoms with Gasteiger partial charge in [0.25, 0.3) is 0 Å². The van der Waals surface area contributed by atoms with Crippen molar-refractivity contribution >= 4 is 0 Å². The fourth-order valence-corrected chi connectivity index (χ4v) is 4.56. The highest BCUT2D eigenvalue weighted by molar-refractivity contribution is 4.81. The average Bonchev–Trinajstić information content (AvgIpc) is 2.73. The quantitative estimate of drug-likeness (QED) is 0.144. The summed E-state index contributed by atoms with van der Waals surface area (Å²) in [6.07, 6.45) is 30.0. The monoisotopic (exact) mass is 410 g/mol. The van der Waals surface area contributed by atoms with E-state index in [0.29, 0.717) is 0 Å². The molecule has 0 saturated heterocycles. The lowest BCUT2D eigenvalue weighted by molar-refractivity contribution is -0.0693. The number of hydrogen-bond donors (Lipinski definition) is 0. The van der Waals surface area contributed by atoms with E-state index in [9.17, 15) is 0 Å². The Hall–Kier alpha value is -0.0400. The molecule has 0 heterocycles. The average molecular weight is 411 g/mol. The van der Waals surface area contributed by atoms with Crippen LogP contribution in [0.1, 0.15) is 169 Å². The van der Waals surface area contributed by atoms with Crippen molar-refractivity contribution in [3.05, 3.63) is 0 Å². The number of ether oxygens (including phenoxy) is 1. The first-order valence-electron chi connectivity index (χ1n) is 13.9. The molecule has 0 amide bonds. The Morgan fingerprint density at radius 3 is 1.14 bits per heavy atom. The number of hydrogen-bond acceptors (Lipinski definition) is 1. The summed E-state index contributed by atoms with van der Waals surface area (Å²) in [7, 11) is 0. The molecule has 0 unspecified atom stereocenters. The van der Waals surface area contributed by atoms with Gasteiger partial charge in [0.1, 0.15) is 0 Å². The van der Waals surface area contributed by atoms with Crippen molar-refractivity contribution in [1.29, 1.82) is 0 Å². The van der Waals surface area contributed by atoms with Crippen molar-refractivity contribution in [2.24, 2.45) is 0 Å². The van der Waals surface area contributed by atoms with E-state index < -0.39 is 0 Å². The highest BCUT2D eigenvalue weighted by atomic mass is 16.5. The SMILES string of the molecule is CCCCCCCCC(CCCCC)(CCCCCCCC)OCCCCCC. The Labute approximate surface area is 186 Å². The molecule has 0 saturated carbocycles. The predicted molar refractivity (Wildman–Crippen MR) is 133 cm³/mol. The highest BCUT2D eigenvalue weighted by Crippen LogP contribution is 2.33. The van der Waals surface area contributed by atoms with Gasteiger partial charge in [0.05, 0.1) is 5.60 Å².